The minimum atomic E-state index is -3.75. The zero-order valence-electron chi connectivity index (χ0n) is 19.1. The molecule has 0 radical (unpaired) electrons. The number of amides is 3. The summed E-state index contributed by atoms with van der Waals surface area (Å²) in [5.74, 6) is -1.55. The Hall–Kier alpha value is -3.08. The number of nitrogens with zero attached hydrogens (tertiary/aromatic N) is 2. The zero-order valence-corrected chi connectivity index (χ0v) is 19.9. The first-order valence-corrected chi connectivity index (χ1v) is 12.6. The first-order valence-electron chi connectivity index (χ1n) is 11.2. The van der Waals surface area contributed by atoms with Crippen LogP contribution >= 0.6 is 0 Å². The van der Waals surface area contributed by atoms with Crippen molar-refractivity contribution in [3.8, 4) is 0 Å². The molecule has 34 heavy (non-hydrogen) atoms. The normalized spacial score (nSPS) is 17.7. The summed E-state index contributed by atoms with van der Waals surface area (Å²) in [6, 6.07) is 11.4. The largest absolute Gasteiger partial charge is 0.379 e. The molecule has 4 rings (SSSR count). The number of morpholine rings is 1. The lowest BCUT2D eigenvalue weighted by molar-refractivity contribution is -0.120. The predicted octanol–water partition coefficient (Wildman–Crippen LogP) is 2.36. The highest BCUT2D eigenvalue weighted by Crippen LogP contribution is 2.28. The highest BCUT2D eigenvalue weighted by molar-refractivity contribution is 7.89. The summed E-state index contributed by atoms with van der Waals surface area (Å²) >= 11 is 0. The van der Waals surface area contributed by atoms with E-state index < -0.39 is 33.8 Å². The van der Waals surface area contributed by atoms with E-state index in [1.165, 1.54) is 16.4 Å². The first-order chi connectivity index (χ1) is 16.2. The summed E-state index contributed by atoms with van der Waals surface area (Å²) in [6.07, 6.45) is 0.267. The quantitative estimate of drug-likeness (QED) is 0.603. The number of anilines is 1. The van der Waals surface area contributed by atoms with Gasteiger partial charge >= 0.3 is 0 Å². The standard InChI is InChI=1S/C24H27N3O6S/c1-16(2)14-21(27-23(29)19-8-3-4-9-20(19)24(27)30)22(28)25-17-6-5-7-18(15-17)34(31,32)26-10-12-33-13-11-26/h3-9,15-16,21H,10-14H2,1-2H3,(H,25,28)/t21-/m1/s1. The molecular weight excluding hydrogens is 458 g/mol. The van der Waals surface area contributed by atoms with E-state index in [9.17, 15) is 22.8 Å². The number of carbonyl (C=O) groups excluding carboxylic acids is 3. The summed E-state index contributed by atoms with van der Waals surface area (Å²) in [5, 5.41) is 2.71. The number of carbonyl (C=O) groups is 3. The van der Waals surface area contributed by atoms with E-state index in [-0.39, 0.29) is 47.1 Å². The third-order valence-corrected chi connectivity index (χ3v) is 7.74. The Morgan fingerprint density at radius 3 is 2.21 bits per heavy atom. The molecule has 2 aliphatic rings. The van der Waals surface area contributed by atoms with Crippen molar-refractivity contribution in [2.75, 3.05) is 31.6 Å². The van der Waals surface area contributed by atoms with Crippen LogP contribution in [0.4, 0.5) is 5.69 Å². The summed E-state index contributed by atoms with van der Waals surface area (Å²) in [7, 11) is -3.75. The fraction of sp³-hybridized carbons (Fsp3) is 0.375. The molecule has 0 spiro atoms. The molecule has 2 heterocycles. The van der Waals surface area contributed by atoms with Gasteiger partial charge in [-0.25, -0.2) is 8.42 Å². The van der Waals surface area contributed by atoms with Crippen LogP contribution in [0.15, 0.2) is 53.4 Å². The molecule has 0 aliphatic carbocycles. The number of imide groups is 1. The van der Waals surface area contributed by atoms with E-state index in [1.807, 2.05) is 13.8 Å². The molecule has 9 nitrogen and oxygen atoms in total. The average Bonchev–Trinajstić information content (AvgIpc) is 3.08. The van der Waals surface area contributed by atoms with Gasteiger partial charge in [0.2, 0.25) is 15.9 Å². The number of benzene rings is 2. The van der Waals surface area contributed by atoms with E-state index >= 15 is 0 Å². The van der Waals surface area contributed by atoms with E-state index in [1.54, 1.807) is 36.4 Å². The molecule has 1 fully saturated rings. The van der Waals surface area contributed by atoms with Crippen LogP contribution in [-0.2, 0) is 19.6 Å². The molecule has 1 saturated heterocycles. The molecule has 0 aromatic heterocycles. The van der Waals surface area contributed by atoms with Crippen LogP contribution < -0.4 is 5.32 Å². The molecule has 1 N–H and O–H groups in total. The van der Waals surface area contributed by atoms with Gasteiger partial charge in [-0.15, -0.1) is 0 Å². The van der Waals surface area contributed by atoms with Crippen LogP contribution in [0.5, 0.6) is 0 Å². The van der Waals surface area contributed by atoms with Gasteiger partial charge < -0.3 is 10.1 Å². The van der Waals surface area contributed by atoms with E-state index in [4.69, 9.17) is 4.74 Å². The topological polar surface area (TPSA) is 113 Å². The van der Waals surface area contributed by atoms with Crippen LogP contribution in [0.3, 0.4) is 0 Å². The predicted molar refractivity (Wildman–Crippen MR) is 125 cm³/mol. The molecule has 1 atom stereocenters. The van der Waals surface area contributed by atoms with Gasteiger partial charge in [-0.2, -0.15) is 4.31 Å². The molecule has 0 bridgehead atoms. The number of fused-ring (bicyclic) bond motifs is 1. The van der Waals surface area contributed by atoms with Gasteiger partial charge in [-0.1, -0.05) is 32.0 Å². The SMILES string of the molecule is CC(C)C[C@H](C(=O)Nc1cccc(S(=O)(=O)N2CCOCC2)c1)N1C(=O)c2ccccc2C1=O. The number of rotatable bonds is 7. The molecule has 0 unspecified atom stereocenters. The van der Waals surface area contributed by atoms with Crippen molar-refractivity contribution in [1.29, 1.82) is 0 Å². The second-order valence-corrected chi connectivity index (χ2v) is 10.6. The van der Waals surface area contributed by atoms with Crippen molar-refractivity contribution in [2.45, 2.75) is 31.2 Å². The number of sulfonamides is 1. The number of hydrogen-bond donors (Lipinski definition) is 1. The van der Waals surface area contributed by atoms with Gasteiger partial charge in [0.25, 0.3) is 11.8 Å². The fourth-order valence-electron chi connectivity index (χ4n) is 4.16. The minimum Gasteiger partial charge on any atom is -0.379 e. The first kappa shape index (κ1) is 24.1. The number of ether oxygens (including phenoxy) is 1. The number of nitrogens with one attached hydrogen (secondary N) is 1. The second kappa shape index (κ2) is 9.65. The smallest absolute Gasteiger partial charge is 0.262 e. The van der Waals surface area contributed by atoms with Gasteiger partial charge in [0, 0.05) is 18.8 Å². The molecule has 0 saturated carbocycles. The molecule has 3 amide bonds. The lowest BCUT2D eigenvalue weighted by Gasteiger charge is -2.27. The Morgan fingerprint density at radius 1 is 1.00 bits per heavy atom. The molecule has 180 valence electrons. The van der Waals surface area contributed by atoms with Crippen molar-refractivity contribution >= 4 is 33.4 Å². The van der Waals surface area contributed by atoms with Crippen molar-refractivity contribution in [3.05, 3.63) is 59.7 Å². The highest BCUT2D eigenvalue weighted by Gasteiger charge is 2.42. The van der Waals surface area contributed by atoms with Crippen molar-refractivity contribution in [2.24, 2.45) is 5.92 Å². The Bertz CT molecular complexity index is 1190. The summed E-state index contributed by atoms with van der Waals surface area (Å²) in [6.45, 7) is 4.96. The van der Waals surface area contributed by atoms with E-state index in [2.05, 4.69) is 5.32 Å². The summed E-state index contributed by atoms with van der Waals surface area (Å²) < 4.78 is 32.5. The highest BCUT2D eigenvalue weighted by atomic mass is 32.2. The van der Waals surface area contributed by atoms with Gasteiger partial charge in [0.1, 0.15) is 6.04 Å². The molecule has 2 aromatic carbocycles. The van der Waals surface area contributed by atoms with Gasteiger partial charge in [-0.05, 0) is 42.7 Å². The van der Waals surface area contributed by atoms with Crippen LogP contribution in [0.1, 0.15) is 41.0 Å². The summed E-state index contributed by atoms with van der Waals surface area (Å²) in [4.78, 5) is 40.3. The number of hydrogen-bond acceptors (Lipinski definition) is 6. The Labute approximate surface area is 198 Å². The maximum atomic E-state index is 13.3. The lowest BCUT2D eigenvalue weighted by atomic mass is 10.0. The second-order valence-electron chi connectivity index (χ2n) is 8.70. The average molecular weight is 486 g/mol. The fourth-order valence-corrected chi connectivity index (χ4v) is 5.62. The van der Waals surface area contributed by atoms with Crippen LogP contribution in [0.2, 0.25) is 0 Å². The molecule has 2 aromatic rings. The summed E-state index contributed by atoms with van der Waals surface area (Å²) in [5.41, 5.74) is 0.810. The van der Waals surface area contributed by atoms with E-state index in [0.717, 1.165) is 4.90 Å². The maximum absolute atomic E-state index is 13.3. The van der Waals surface area contributed by atoms with Gasteiger partial charge in [0.05, 0.1) is 29.2 Å². The zero-order chi connectivity index (χ0) is 24.5. The maximum Gasteiger partial charge on any atom is 0.262 e. The third-order valence-electron chi connectivity index (χ3n) is 5.84. The minimum absolute atomic E-state index is 0.0214. The molecular formula is C24H27N3O6S. The van der Waals surface area contributed by atoms with Gasteiger partial charge in [-0.3, -0.25) is 19.3 Å². The van der Waals surface area contributed by atoms with Crippen molar-refractivity contribution in [1.82, 2.24) is 9.21 Å². The Morgan fingerprint density at radius 2 is 1.62 bits per heavy atom. The molecule has 2 aliphatic heterocycles. The van der Waals surface area contributed by atoms with E-state index in [0.29, 0.717) is 13.2 Å². The Kier molecular flexibility index (Phi) is 6.83. The van der Waals surface area contributed by atoms with Crippen LogP contribution in [0.25, 0.3) is 0 Å². The third kappa shape index (κ3) is 4.61. The van der Waals surface area contributed by atoms with Gasteiger partial charge in [0.15, 0.2) is 0 Å². The van der Waals surface area contributed by atoms with Crippen LogP contribution in [0, 0.1) is 5.92 Å². The lowest BCUT2D eigenvalue weighted by Crippen LogP contribution is -2.48. The van der Waals surface area contributed by atoms with Crippen molar-refractivity contribution < 1.29 is 27.5 Å². The molecule has 10 heteroatoms. The van der Waals surface area contributed by atoms with Crippen LogP contribution in [-0.4, -0.2) is 67.7 Å². The monoisotopic (exact) mass is 485 g/mol. The van der Waals surface area contributed by atoms with Crippen molar-refractivity contribution in [3.63, 3.8) is 0 Å². The Balaban J connectivity index is 1.58.